The summed E-state index contributed by atoms with van der Waals surface area (Å²) in [7, 11) is 0. The Bertz CT molecular complexity index is 418. The van der Waals surface area contributed by atoms with Gasteiger partial charge in [-0.15, -0.1) is 0 Å². The van der Waals surface area contributed by atoms with E-state index in [1.807, 2.05) is 0 Å². The molecular weight excluding hydrogens is 272 g/mol. The van der Waals surface area contributed by atoms with Gasteiger partial charge in [0.1, 0.15) is 5.02 Å². The molecule has 1 fully saturated rings. The minimum absolute atomic E-state index is 0.404. The predicted molar refractivity (Wildman–Crippen MR) is 85.5 cm³/mol. The van der Waals surface area contributed by atoms with E-state index in [0.717, 1.165) is 24.7 Å². The number of rotatable bonds is 6. The summed E-state index contributed by atoms with van der Waals surface area (Å²) in [6, 6.07) is 0.404. The summed E-state index contributed by atoms with van der Waals surface area (Å²) in [5.74, 6) is 2.12. The molecule has 1 aliphatic carbocycles. The van der Waals surface area contributed by atoms with Crippen LogP contribution >= 0.6 is 11.6 Å². The van der Waals surface area contributed by atoms with Gasteiger partial charge in [0, 0.05) is 12.6 Å². The number of aromatic nitrogens is 2. The molecule has 0 bridgehead atoms. The number of nitrogens with zero attached hydrogens (tertiary/aromatic N) is 2. The van der Waals surface area contributed by atoms with Crippen LogP contribution in [0, 0.1) is 5.92 Å². The van der Waals surface area contributed by atoms with Gasteiger partial charge in [0.15, 0.2) is 5.82 Å². The van der Waals surface area contributed by atoms with Gasteiger partial charge in [-0.3, -0.25) is 0 Å². The molecule has 1 atom stereocenters. The number of hydrogen-bond donors (Lipinski definition) is 2. The van der Waals surface area contributed by atoms with Crippen molar-refractivity contribution in [1.82, 2.24) is 9.97 Å². The molecule has 0 aromatic carbocycles. The highest BCUT2D eigenvalue weighted by atomic mass is 35.5. The van der Waals surface area contributed by atoms with Gasteiger partial charge < -0.3 is 10.6 Å². The van der Waals surface area contributed by atoms with Crippen LogP contribution in [-0.2, 0) is 0 Å². The van der Waals surface area contributed by atoms with E-state index in [9.17, 15) is 0 Å². The first-order valence-corrected chi connectivity index (χ1v) is 8.11. The molecule has 0 amide bonds. The van der Waals surface area contributed by atoms with Gasteiger partial charge in [-0.05, 0) is 32.1 Å². The molecule has 0 radical (unpaired) electrons. The van der Waals surface area contributed by atoms with Crippen molar-refractivity contribution in [3.05, 3.63) is 11.2 Å². The number of hydrogen-bond acceptors (Lipinski definition) is 4. The molecule has 4 nitrogen and oxygen atoms in total. The largest absolute Gasteiger partial charge is 0.366 e. The zero-order valence-corrected chi connectivity index (χ0v) is 13.2. The van der Waals surface area contributed by atoms with E-state index >= 15 is 0 Å². The van der Waals surface area contributed by atoms with Crippen molar-refractivity contribution >= 4 is 23.4 Å². The Balaban J connectivity index is 1.99. The van der Waals surface area contributed by atoms with Gasteiger partial charge in [-0.1, -0.05) is 37.8 Å². The van der Waals surface area contributed by atoms with E-state index in [4.69, 9.17) is 11.6 Å². The molecule has 2 N–H and O–H groups in total. The second kappa shape index (κ2) is 7.67. The quantitative estimate of drug-likeness (QED) is 0.820. The van der Waals surface area contributed by atoms with Crippen LogP contribution in [0.15, 0.2) is 6.20 Å². The SMILES string of the molecule is CCCNc1ncc(Cl)c(NC(C)C2CCCCC2)n1. The average Bonchev–Trinajstić information content (AvgIpc) is 2.49. The van der Waals surface area contributed by atoms with Crippen LogP contribution in [0.25, 0.3) is 0 Å². The van der Waals surface area contributed by atoms with Crippen molar-refractivity contribution in [3.63, 3.8) is 0 Å². The molecule has 1 heterocycles. The average molecular weight is 297 g/mol. The Morgan fingerprint density at radius 1 is 1.35 bits per heavy atom. The van der Waals surface area contributed by atoms with Gasteiger partial charge in [-0.25, -0.2) is 4.98 Å². The van der Waals surface area contributed by atoms with Gasteiger partial charge in [0.2, 0.25) is 5.95 Å². The normalized spacial score (nSPS) is 17.8. The van der Waals surface area contributed by atoms with Crippen molar-refractivity contribution in [2.45, 2.75) is 58.4 Å². The Kier molecular flexibility index (Phi) is 5.89. The summed E-state index contributed by atoms with van der Waals surface area (Å²) in [4.78, 5) is 8.68. The Morgan fingerprint density at radius 2 is 2.10 bits per heavy atom. The van der Waals surface area contributed by atoms with Gasteiger partial charge in [-0.2, -0.15) is 4.98 Å². The molecule has 0 aliphatic heterocycles. The Labute approximate surface area is 126 Å². The van der Waals surface area contributed by atoms with Gasteiger partial charge in [0.25, 0.3) is 0 Å². The molecule has 1 aliphatic rings. The molecule has 1 aromatic heterocycles. The fourth-order valence-electron chi connectivity index (χ4n) is 2.76. The lowest BCUT2D eigenvalue weighted by Gasteiger charge is -2.28. The number of nitrogens with one attached hydrogen (secondary N) is 2. The summed E-state index contributed by atoms with van der Waals surface area (Å²) in [5, 5.41) is 7.26. The lowest BCUT2D eigenvalue weighted by atomic mass is 9.84. The molecule has 1 aromatic rings. The second-order valence-corrected chi connectivity index (χ2v) is 6.06. The van der Waals surface area contributed by atoms with Gasteiger partial charge >= 0.3 is 0 Å². The molecule has 1 unspecified atom stereocenters. The van der Waals surface area contributed by atoms with E-state index in [1.54, 1.807) is 6.20 Å². The molecule has 112 valence electrons. The zero-order valence-electron chi connectivity index (χ0n) is 12.5. The summed E-state index contributed by atoms with van der Waals surface area (Å²) in [6.45, 7) is 5.22. The van der Waals surface area contributed by atoms with E-state index < -0.39 is 0 Å². The third kappa shape index (κ3) is 4.23. The summed E-state index contributed by atoms with van der Waals surface area (Å²) in [5.41, 5.74) is 0. The minimum Gasteiger partial charge on any atom is -0.366 e. The Hall–Kier alpha value is -1.03. The van der Waals surface area contributed by atoms with Crippen LogP contribution in [-0.4, -0.2) is 22.6 Å². The highest BCUT2D eigenvalue weighted by molar-refractivity contribution is 6.32. The third-order valence-electron chi connectivity index (χ3n) is 4.00. The number of halogens is 1. The molecule has 2 rings (SSSR count). The molecule has 20 heavy (non-hydrogen) atoms. The van der Waals surface area contributed by atoms with Crippen LogP contribution in [0.4, 0.5) is 11.8 Å². The first kappa shape index (κ1) is 15.4. The topological polar surface area (TPSA) is 49.8 Å². The first-order valence-electron chi connectivity index (χ1n) is 7.73. The maximum atomic E-state index is 6.20. The third-order valence-corrected chi connectivity index (χ3v) is 4.28. The summed E-state index contributed by atoms with van der Waals surface area (Å²) in [6.07, 6.45) is 9.39. The summed E-state index contributed by atoms with van der Waals surface area (Å²) >= 11 is 6.20. The fourth-order valence-corrected chi connectivity index (χ4v) is 2.90. The van der Waals surface area contributed by atoms with Crippen molar-refractivity contribution in [3.8, 4) is 0 Å². The zero-order chi connectivity index (χ0) is 14.4. The van der Waals surface area contributed by atoms with Crippen LogP contribution < -0.4 is 10.6 Å². The highest BCUT2D eigenvalue weighted by Crippen LogP contribution is 2.29. The Morgan fingerprint density at radius 3 is 2.80 bits per heavy atom. The molecule has 5 heteroatoms. The highest BCUT2D eigenvalue weighted by Gasteiger charge is 2.21. The van der Waals surface area contributed by atoms with Crippen LogP contribution in [0.3, 0.4) is 0 Å². The second-order valence-electron chi connectivity index (χ2n) is 5.65. The predicted octanol–water partition coefficient (Wildman–Crippen LogP) is 4.33. The maximum Gasteiger partial charge on any atom is 0.224 e. The van der Waals surface area contributed by atoms with Crippen LogP contribution in [0.5, 0.6) is 0 Å². The van der Waals surface area contributed by atoms with Crippen molar-refractivity contribution in [2.75, 3.05) is 17.2 Å². The maximum absolute atomic E-state index is 6.20. The van der Waals surface area contributed by atoms with E-state index in [-0.39, 0.29) is 0 Å². The van der Waals surface area contributed by atoms with Crippen molar-refractivity contribution in [2.24, 2.45) is 5.92 Å². The van der Waals surface area contributed by atoms with Crippen molar-refractivity contribution < 1.29 is 0 Å². The lowest BCUT2D eigenvalue weighted by molar-refractivity contribution is 0.328. The monoisotopic (exact) mass is 296 g/mol. The molecular formula is C15H25ClN4. The first-order chi connectivity index (χ1) is 9.70. The summed E-state index contributed by atoms with van der Waals surface area (Å²) < 4.78 is 0. The van der Waals surface area contributed by atoms with Gasteiger partial charge in [0.05, 0.1) is 6.20 Å². The van der Waals surface area contributed by atoms with E-state index in [1.165, 1.54) is 32.1 Å². The standard InChI is InChI=1S/C15H25ClN4/c1-3-9-17-15-18-10-13(16)14(20-15)19-11(2)12-7-5-4-6-8-12/h10-12H,3-9H2,1-2H3,(H2,17,18,19,20). The molecule has 1 saturated carbocycles. The fraction of sp³-hybridized carbons (Fsp3) is 0.733. The lowest BCUT2D eigenvalue weighted by Crippen LogP contribution is -2.28. The van der Waals surface area contributed by atoms with Crippen LogP contribution in [0.2, 0.25) is 5.02 Å². The van der Waals surface area contributed by atoms with Crippen LogP contribution in [0.1, 0.15) is 52.4 Å². The molecule has 0 saturated heterocycles. The molecule has 0 spiro atoms. The van der Waals surface area contributed by atoms with E-state index in [2.05, 4.69) is 34.4 Å². The number of anilines is 2. The van der Waals surface area contributed by atoms with Crippen molar-refractivity contribution in [1.29, 1.82) is 0 Å². The van der Waals surface area contributed by atoms with E-state index in [0.29, 0.717) is 17.0 Å². The smallest absolute Gasteiger partial charge is 0.224 e. The minimum atomic E-state index is 0.404.